The van der Waals surface area contributed by atoms with E-state index in [0.717, 1.165) is 5.69 Å². The van der Waals surface area contributed by atoms with E-state index >= 15 is 0 Å². The fourth-order valence-electron chi connectivity index (χ4n) is 1.58. The van der Waals surface area contributed by atoms with E-state index < -0.39 is 5.97 Å². The number of nitrogen functional groups attached to an aromatic ring is 1. The number of ether oxygens (including phenoxy) is 2. The van der Waals surface area contributed by atoms with Crippen LogP contribution in [0, 0.1) is 0 Å². The molecular formula is C14H17N5O3. The van der Waals surface area contributed by atoms with Gasteiger partial charge in [0, 0.05) is 12.3 Å². The maximum absolute atomic E-state index is 11.4. The zero-order valence-electron chi connectivity index (χ0n) is 12.2. The van der Waals surface area contributed by atoms with Crippen molar-refractivity contribution in [2.24, 2.45) is 0 Å². The molecule has 0 atom stereocenters. The molecule has 0 aliphatic rings. The lowest BCUT2D eigenvalue weighted by Gasteiger charge is -2.08. The summed E-state index contributed by atoms with van der Waals surface area (Å²) in [6.45, 7) is 2.04. The Morgan fingerprint density at radius 3 is 2.73 bits per heavy atom. The highest BCUT2D eigenvalue weighted by Gasteiger charge is 2.08. The van der Waals surface area contributed by atoms with Crippen LogP contribution in [0.15, 0.2) is 30.3 Å². The van der Waals surface area contributed by atoms with Crippen molar-refractivity contribution in [1.82, 2.24) is 15.0 Å². The Bertz CT molecular complexity index is 621. The second-order valence-electron chi connectivity index (χ2n) is 4.22. The van der Waals surface area contributed by atoms with Crippen LogP contribution in [0.5, 0.6) is 0 Å². The molecule has 8 nitrogen and oxygen atoms in total. The summed E-state index contributed by atoms with van der Waals surface area (Å²) in [4.78, 5) is 23.4. The normalized spacial score (nSPS) is 10.2. The smallest absolute Gasteiger partial charge is 0.332 e. The van der Waals surface area contributed by atoms with Crippen LogP contribution in [0.25, 0.3) is 0 Å². The Kier molecular flexibility index (Phi) is 5.61. The Hall–Kier alpha value is -2.74. The predicted molar refractivity (Wildman–Crippen MR) is 80.3 cm³/mol. The SMILES string of the molecule is CCOCC(=O)OCc1nc(N)nc(Nc2ccccc2)n1. The Morgan fingerprint density at radius 1 is 1.23 bits per heavy atom. The van der Waals surface area contributed by atoms with Gasteiger partial charge >= 0.3 is 5.97 Å². The summed E-state index contributed by atoms with van der Waals surface area (Å²) < 4.78 is 9.94. The van der Waals surface area contributed by atoms with Crippen molar-refractivity contribution in [3.63, 3.8) is 0 Å². The highest BCUT2D eigenvalue weighted by atomic mass is 16.6. The van der Waals surface area contributed by atoms with Gasteiger partial charge in [0.2, 0.25) is 11.9 Å². The van der Waals surface area contributed by atoms with E-state index in [2.05, 4.69) is 20.3 Å². The first-order valence-electron chi connectivity index (χ1n) is 6.73. The van der Waals surface area contributed by atoms with E-state index in [-0.39, 0.29) is 30.9 Å². The summed E-state index contributed by atoms with van der Waals surface area (Å²) in [5, 5.41) is 3.00. The third kappa shape index (κ3) is 4.98. The van der Waals surface area contributed by atoms with E-state index in [1.54, 1.807) is 6.92 Å². The van der Waals surface area contributed by atoms with Crippen LogP contribution in [-0.4, -0.2) is 34.1 Å². The van der Waals surface area contributed by atoms with Gasteiger partial charge in [0.1, 0.15) is 6.61 Å². The number of nitrogens with two attached hydrogens (primary N) is 1. The maximum atomic E-state index is 11.4. The molecule has 2 rings (SSSR count). The predicted octanol–water partition coefficient (Wildman–Crippen LogP) is 1.28. The van der Waals surface area contributed by atoms with Crippen LogP contribution in [0.4, 0.5) is 17.6 Å². The summed E-state index contributed by atoms with van der Waals surface area (Å²) in [6, 6.07) is 9.38. The van der Waals surface area contributed by atoms with E-state index in [0.29, 0.717) is 6.61 Å². The summed E-state index contributed by atoms with van der Waals surface area (Å²) >= 11 is 0. The van der Waals surface area contributed by atoms with Gasteiger partial charge < -0.3 is 20.5 Å². The second-order valence-corrected chi connectivity index (χ2v) is 4.22. The monoisotopic (exact) mass is 303 g/mol. The standard InChI is InChI=1S/C14H17N5O3/c1-2-21-9-12(20)22-8-11-17-13(15)19-14(18-11)16-10-6-4-3-5-7-10/h3-7H,2,8-9H2,1H3,(H3,15,16,17,18,19). The molecular weight excluding hydrogens is 286 g/mol. The molecule has 3 N–H and O–H groups in total. The van der Waals surface area contributed by atoms with Crippen LogP contribution < -0.4 is 11.1 Å². The molecule has 0 unspecified atom stereocenters. The quantitative estimate of drug-likeness (QED) is 0.735. The number of esters is 1. The largest absolute Gasteiger partial charge is 0.456 e. The molecule has 22 heavy (non-hydrogen) atoms. The van der Waals surface area contributed by atoms with E-state index in [4.69, 9.17) is 15.2 Å². The molecule has 0 bridgehead atoms. The number of aromatic nitrogens is 3. The molecule has 0 amide bonds. The van der Waals surface area contributed by atoms with Crippen LogP contribution in [-0.2, 0) is 20.9 Å². The minimum Gasteiger partial charge on any atom is -0.456 e. The third-order valence-corrected chi connectivity index (χ3v) is 2.52. The number of hydrogen-bond donors (Lipinski definition) is 2. The van der Waals surface area contributed by atoms with Gasteiger partial charge in [-0.2, -0.15) is 15.0 Å². The minimum atomic E-state index is -0.488. The molecule has 0 saturated carbocycles. The summed E-state index contributed by atoms with van der Waals surface area (Å²) in [5.41, 5.74) is 6.44. The van der Waals surface area contributed by atoms with Gasteiger partial charge in [-0.15, -0.1) is 0 Å². The molecule has 1 aromatic carbocycles. The van der Waals surface area contributed by atoms with Crippen LogP contribution in [0.1, 0.15) is 12.7 Å². The maximum Gasteiger partial charge on any atom is 0.332 e. The van der Waals surface area contributed by atoms with Crippen molar-refractivity contribution in [2.45, 2.75) is 13.5 Å². The summed E-state index contributed by atoms with van der Waals surface area (Å²) in [6.07, 6.45) is 0. The number of nitrogens with one attached hydrogen (secondary N) is 1. The molecule has 0 aliphatic heterocycles. The number of rotatable bonds is 7. The highest BCUT2D eigenvalue weighted by Crippen LogP contribution is 2.12. The molecule has 1 heterocycles. The zero-order valence-corrected chi connectivity index (χ0v) is 12.2. The van der Waals surface area contributed by atoms with E-state index in [1.807, 2.05) is 30.3 Å². The number of nitrogens with zero attached hydrogens (tertiary/aromatic N) is 3. The first-order valence-corrected chi connectivity index (χ1v) is 6.73. The number of carbonyl (C=O) groups excluding carboxylic acids is 1. The molecule has 0 spiro atoms. The average molecular weight is 303 g/mol. The van der Waals surface area contributed by atoms with Crippen molar-refractivity contribution < 1.29 is 14.3 Å². The average Bonchev–Trinajstić information content (AvgIpc) is 2.51. The molecule has 8 heteroatoms. The van der Waals surface area contributed by atoms with Crippen molar-refractivity contribution in [2.75, 3.05) is 24.3 Å². The van der Waals surface area contributed by atoms with Crippen molar-refractivity contribution in [1.29, 1.82) is 0 Å². The first-order chi connectivity index (χ1) is 10.7. The van der Waals surface area contributed by atoms with Crippen molar-refractivity contribution in [3.05, 3.63) is 36.2 Å². The van der Waals surface area contributed by atoms with Gasteiger partial charge in [0.05, 0.1) is 0 Å². The van der Waals surface area contributed by atoms with E-state index in [9.17, 15) is 4.79 Å². The molecule has 2 aromatic rings. The first kappa shape index (κ1) is 15.6. The minimum absolute atomic E-state index is 0.0456. The lowest BCUT2D eigenvalue weighted by Crippen LogP contribution is -2.14. The summed E-state index contributed by atoms with van der Waals surface area (Å²) in [5.74, 6) is 0.105. The van der Waals surface area contributed by atoms with Gasteiger partial charge in [0.15, 0.2) is 12.4 Å². The summed E-state index contributed by atoms with van der Waals surface area (Å²) in [7, 11) is 0. The van der Waals surface area contributed by atoms with Gasteiger partial charge in [-0.3, -0.25) is 0 Å². The van der Waals surface area contributed by atoms with Gasteiger partial charge in [0.25, 0.3) is 0 Å². The molecule has 1 aromatic heterocycles. The third-order valence-electron chi connectivity index (χ3n) is 2.52. The van der Waals surface area contributed by atoms with Gasteiger partial charge in [-0.05, 0) is 19.1 Å². The van der Waals surface area contributed by atoms with Crippen LogP contribution >= 0.6 is 0 Å². The fourth-order valence-corrected chi connectivity index (χ4v) is 1.58. The number of anilines is 3. The molecule has 116 valence electrons. The second kappa shape index (κ2) is 7.89. The number of carbonyl (C=O) groups is 1. The number of benzene rings is 1. The number of para-hydroxylation sites is 1. The lowest BCUT2D eigenvalue weighted by molar-refractivity contribution is -0.150. The highest BCUT2D eigenvalue weighted by molar-refractivity contribution is 5.70. The van der Waals surface area contributed by atoms with Crippen molar-refractivity contribution in [3.8, 4) is 0 Å². The Morgan fingerprint density at radius 2 is 2.00 bits per heavy atom. The molecule has 0 aliphatic carbocycles. The Balaban J connectivity index is 1.99. The fraction of sp³-hybridized carbons (Fsp3) is 0.286. The van der Waals surface area contributed by atoms with Crippen molar-refractivity contribution >= 4 is 23.6 Å². The van der Waals surface area contributed by atoms with Gasteiger partial charge in [-0.25, -0.2) is 4.79 Å². The number of hydrogen-bond acceptors (Lipinski definition) is 8. The van der Waals surface area contributed by atoms with Crippen LogP contribution in [0.3, 0.4) is 0 Å². The molecule has 0 fully saturated rings. The van der Waals surface area contributed by atoms with Gasteiger partial charge in [-0.1, -0.05) is 18.2 Å². The van der Waals surface area contributed by atoms with Crippen LogP contribution in [0.2, 0.25) is 0 Å². The molecule has 0 radical (unpaired) electrons. The lowest BCUT2D eigenvalue weighted by atomic mass is 10.3. The van der Waals surface area contributed by atoms with E-state index in [1.165, 1.54) is 0 Å². The molecule has 0 saturated heterocycles. The Labute approximate surface area is 127 Å². The zero-order chi connectivity index (χ0) is 15.8. The topological polar surface area (TPSA) is 112 Å².